The predicted octanol–water partition coefficient (Wildman–Crippen LogP) is 0.779. The van der Waals surface area contributed by atoms with Crippen LogP contribution < -0.4 is 10.5 Å². The standard InChI is InChI=1S/C11H14N4O2S/c1-8-2-9(12)4-11(3-8)18(16,17)15-6-10-5-13-7-14-10/h2-5,7,15H,6,12H2,1H3,(H,13,14). The van der Waals surface area contributed by atoms with Crippen molar-refractivity contribution < 1.29 is 8.42 Å². The van der Waals surface area contributed by atoms with E-state index in [1.165, 1.54) is 12.4 Å². The number of nitrogens with two attached hydrogens (primary N) is 1. The fourth-order valence-electron chi connectivity index (χ4n) is 1.57. The molecule has 0 saturated heterocycles. The van der Waals surface area contributed by atoms with Gasteiger partial charge in [-0.05, 0) is 30.7 Å². The molecule has 7 heteroatoms. The first-order valence-corrected chi connectivity index (χ1v) is 6.80. The van der Waals surface area contributed by atoms with Crippen LogP contribution >= 0.6 is 0 Å². The Labute approximate surface area is 105 Å². The van der Waals surface area contributed by atoms with Gasteiger partial charge >= 0.3 is 0 Å². The van der Waals surface area contributed by atoms with E-state index in [0.717, 1.165) is 5.56 Å². The van der Waals surface area contributed by atoms with E-state index < -0.39 is 10.0 Å². The maximum Gasteiger partial charge on any atom is 0.241 e. The molecular formula is C11H14N4O2S. The molecule has 6 nitrogen and oxygen atoms in total. The Hall–Kier alpha value is -1.86. The molecule has 0 amide bonds. The summed E-state index contributed by atoms with van der Waals surface area (Å²) in [6.07, 6.45) is 3.06. The maximum absolute atomic E-state index is 12.0. The van der Waals surface area contributed by atoms with Crippen molar-refractivity contribution in [3.8, 4) is 0 Å². The molecule has 0 atom stereocenters. The summed E-state index contributed by atoms with van der Waals surface area (Å²) in [5.74, 6) is 0. The van der Waals surface area contributed by atoms with Gasteiger partial charge in [0.15, 0.2) is 0 Å². The largest absolute Gasteiger partial charge is 0.399 e. The molecule has 0 radical (unpaired) electrons. The van der Waals surface area contributed by atoms with Gasteiger partial charge in [0.25, 0.3) is 0 Å². The van der Waals surface area contributed by atoms with Crippen molar-refractivity contribution in [1.29, 1.82) is 0 Å². The fraction of sp³-hybridized carbons (Fsp3) is 0.182. The third-order valence-electron chi connectivity index (χ3n) is 2.39. The van der Waals surface area contributed by atoms with Gasteiger partial charge in [-0.1, -0.05) is 0 Å². The molecule has 0 spiro atoms. The van der Waals surface area contributed by atoms with Crippen LogP contribution in [0.15, 0.2) is 35.6 Å². The van der Waals surface area contributed by atoms with Crippen LogP contribution in [-0.4, -0.2) is 18.4 Å². The number of nitrogens with one attached hydrogen (secondary N) is 2. The van der Waals surface area contributed by atoms with Crippen LogP contribution in [0.3, 0.4) is 0 Å². The van der Waals surface area contributed by atoms with Crippen molar-refractivity contribution in [2.75, 3.05) is 5.73 Å². The molecule has 0 fully saturated rings. The van der Waals surface area contributed by atoms with Crippen molar-refractivity contribution in [2.24, 2.45) is 0 Å². The summed E-state index contributed by atoms with van der Waals surface area (Å²) in [5, 5.41) is 0. The number of anilines is 1. The number of hydrogen-bond acceptors (Lipinski definition) is 4. The summed E-state index contributed by atoms with van der Waals surface area (Å²) >= 11 is 0. The van der Waals surface area contributed by atoms with Crippen LogP contribution in [0.5, 0.6) is 0 Å². The number of rotatable bonds is 4. The molecule has 18 heavy (non-hydrogen) atoms. The van der Waals surface area contributed by atoms with Gasteiger partial charge < -0.3 is 10.7 Å². The van der Waals surface area contributed by atoms with E-state index in [9.17, 15) is 8.42 Å². The third kappa shape index (κ3) is 2.88. The summed E-state index contributed by atoms with van der Waals surface area (Å²) in [6.45, 7) is 1.96. The van der Waals surface area contributed by atoms with Gasteiger partial charge in [0, 0.05) is 17.6 Å². The number of nitrogens with zero attached hydrogens (tertiary/aromatic N) is 1. The zero-order valence-corrected chi connectivity index (χ0v) is 10.7. The number of benzene rings is 1. The first kappa shape index (κ1) is 12.6. The van der Waals surface area contributed by atoms with Crippen LogP contribution in [0, 0.1) is 6.92 Å². The molecule has 0 saturated carbocycles. The number of hydrogen-bond donors (Lipinski definition) is 3. The molecule has 2 rings (SSSR count). The number of aryl methyl sites for hydroxylation is 1. The second-order valence-electron chi connectivity index (χ2n) is 3.98. The van der Waals surface area contributed by atoms with E-state index in [4.69, 9.17) is 5.73 Å². The first-order valence-electron chi connectivity index (χ1n) is 5.31. The zero-order chi connectivity index (χ0) is 13.2. The molecular weight excluding hydrogens is 252 g/mol. The number of imidazole rings is 1. The lowest BCUT2D eigenvalue weighted by atomic mass is 10.2. The minimum Gasteiger partial charge on any atom is -0.399 e. The second kappa shape index (κ2) is 4.79. The van der Waals surface area contributed by atoms with Crippen LogP contribution in [0.25, 0.3) is 0 Å². The second-order valence-corrected chi connectivity index (χ2v) is 5.75. The van der Waals surface area contributed by atoms with Crippen molar-refractivity contribution in [2.45, 2.75) is 18.4 Å². The molecule has 0 bridgehead atoms. The number of aromatic nitrogens is 2. The summed E-state index contributed by atoms with van der Waals surface area (Å²) in [5.41, 5.74) is 7.56. The van der Waals surface area contributed by atoms with E-state index >= 15 is 0 Å². The SMILES string of the molecule is Cc1cc(N)cc(S(=O)(=O)NCc2cnc[nH]2)c1. The number of H-pyrrole nitrogens is 1. The average molecular weight is 266 g/mol. The predicted molar refractivity (Wildman–Crippen MR) is 68.2 cm³/mol. The number of nitrogen functional groups attached to an aromatic ring is 1. The van der Waals surface area contributed by atoms with E-state index in [1.54, 1.807) is 25.3 Å². The smallest absolute Gasteiger partial charge is 0.241 e. The van der Waals surface area contributed by atoms with Crippen molar-refractivity contribution >= 4 is 15.7 Å². The summed E-state index contributed by atoms with van der Waals surface area (Å²) < 4.78 is 26.5. The monoisotopic (exact) mass is 266 g/mol. The summed E-state index contributed by atoms with van der Waals surface area (Å²) in [6, 6.07) is 4.72. The Morgan fingerprint density at radius 3 is 2.78 bits per heavy atom. The average Bonchev–Trinajstić information content (AvgIpc) is 2.78. The van der Waals surface area contributed by atoms with Crippen molar-refractivity contribution in [3.63, 3.8) is 0 Å². The van der Waals surface area contributed by atoms with E-state index in [1.807, 2.05) is 0 Å². The molecule has 0 unspecified atom stereocenters. The Kier molecular flexibility index (Phi) is 3.35. The van der Waals surface area contributed by atoms with Crippen LogP contribution in [0.4, 0.5) is 5.69 Å². The third-order valence-corrected chi connectivity index (χ3v) is 3.77. The quantitative estimate of drug-likeness (QED) is 0.712. The van der Waals surface area contributed by atoms with E-state index in [-0.39, 0.29) is 11.4 Å². The van der Waals surface area contributed by atoms with Gasteiger partial charge in [-0.3, -0.25) is 0 Å². The van der Waals surface area contributed by atoms with Crippen LogP contribution in [0.1, 0.15) is 11.3 Å². The molecule has 4 N–H and O–H groups in total. The summed E-state index contributed by atoms with van der Waals surface area (Å²) in [4.78, 5) is 6.80. The molecule has 96 valence electrons. The molecule has 1 aromatic carbocycles. The number of aromatic amines is 1. The van der Waals surface area contributed by atoms with Gasteiger partial charge in [0.2, 0.25) is 10.0 Å². The molecule has 0 aliphatic heterocycles. The topological polar surface area (TPSA) is 101 Å². The van der Waals surface area contributed by atoms with Gasteiger partial charge in [0.1, 0.15) is 0 Å². The first-order chi connectivity index (χ1) is 8.47. The highest BCUT2D eigenvalue weighted by molar-refractivity contribution is 7.89. The normalized spacial score (nSPS) is 11.6. The van der Waals surface area contributed by atoms with Gasteiger partial charge in [-0.25, -0.2) is 18.1 Å². The highest BCUT2D eigenvalue weighted by atomic mass is 32.2. The fourth-order valence-corrected chi connectivity index (χ4v) is 2.71. The minimum atomic E-state index is -3.56. The van der Waals surface area contributed by atoms with Crippen LogP contribution in [0.2, 0.25) is 0 Å². The molecule has 1 heterocycles. The molecule has 0 aliphatic rings. The highest BCUT2D eigenvalue weighted by Gasteiger charge is 2.14. The Morgan fingerprint density at radius 1 is 1.39 bits per heavy atom. The summed E-state index contributed by atoms with van der Waals surface area (Å²) in [7, 11) is -3.56. The van der Waals surface area contributed by atoms with Crippen molar-refractivity contribution in [1.82, 2.24) is 14.7 Å². The lowest BCUT2D eigenvalue weighted by Crippen LogP contribution is -2.23. The zero-order valence-electron chi connectivity index (χ0n) is 9.84. The molecule has 1 aromatic heterocycles. The lowest BCUT2D eigenvalue weighted by Gasteiger charge is -2.07. The Balaban J connectivity index is 2.20. The van der Waals surface area contributed by atoms with E-state index in [2.05, 4.69) is 14.7 Å². The molecule has 2 aromatic rings. The van der Waals surface area contributed by atoms with Crippen molar-refractivity contribution in [3.05, 3.63) is 42.0 Å². The maximum atomic E-state index is 12.0. The Morgan fingerprint density at radius 2 is 2.17 bits per heavy atom. The molecule has 0 aliphatic carbocycles. The van der Waals surface area contributed by atoms with Gasteiger partial charge in [-0.2, -0.15) is 0 Å². The lowest BCUT2D eigenvalue weighted by molar-refractivity contribution is 0.580. The van der Waals surface area contributed by atoms with E-state index in [0.29, 0.717) is 11.4 Å². The van der Waals surface area contributed by atoms with Crippen LogP contribution in [-0.2, 0) is 16.6 Å². The van der Waals surface area contributed by atoms with Gasteiger partial charge in [-0.15, -0.1) is 0 Å². The minimum absolute atomic E-state index is 0.163. The Bertz CT molecular complexity index is 615. The number of sulfonamides is 1. The highest BCUT2D eigenvalue weighted by Crippen LogP contribution is 2.16. The van der Waals surface area contributed by atoms with Gasteiger partial charge in [0.05, 0.1) is 17.8 Å².